The van der Waals surface area contributed by atoms with Gasteiger partial charge in [0, 0.05) is 0 Å². The fraction of sp³-hybridized carbons (Fsp3) is 0.500. The van der Waals surface area contributed by atoms with Crippen LogP contribution in [0.5, 0.6) is 0 Å². The van der Waals surface area contributed by atoms with Crippen molar-refractivity contribution in [1.82, 2.24) is 0 Å². The molecule has 0 bridgehead atoms. The molecule has 0 saturated heterocycles. The standard InChI is InChI=1S/C9H13Ge.C3H9Ge/c1-10(2)8-9-6-4-3-5-7-9;1-4(2)3/h3-7H,8H2,1-2H3;1-3H3. The molecule has 0 heterocycles. The summed E-state index contributed by atoms with van der Waals surface area (Å²) in [5, 5.41) is 1.36. The van der Waals surface area contributed by atoms with Crippen LogP contribution in [0.1, 0.15) is 5.56 Å². The molecule has 0 aliphatic carbocycles. The van der Waals surface area contributed by atoms with Crippen LogP contribution in [0.15, 0.2) is 30.3 Å². The van der Waals surface area contributed by atoms with E-state index < -0.39 is 14.3 Å². The molecule has 78 valence electrons. The van der Waals surface area contributed by atoms with E-state index in [1.807, 2.05) is 0 Å². The predicted octanol–water partition coefficient (Wildman–Crippen LogP) is 3.89. The zero-order valence-corrected chi connectivity index (χ0v) is 14.3. The molecule has 0 aromatic heterocycles. The van der Waals surface area contributed by atoms with Gasteiger partial charge in [-0.2, -0.15) is 0 Å². The second kappa shape index (κ2) is 8.60. The molecule has 0 spiro atoms. The van der Waals surface area contributed by atoms with Crippen LogP contribution in [0, 0.1) is 0 Å². The summed E-state index contributed by atoms with van der Waals surface area (Å²) in [6.45, 7) is 0. The molecule has 0 fully saturated rings. The Labute approximate surface area is 98.3 Å². The van der Waals surface area contributed by atoms with Gasteiger partial charge in [0.15, 0.2) is 0 Å². The third-order valence-electron chi connectivity index (χ3n) is 1.40. The topological polar surface area (TPSA) is 0 Å². The summed E-state index contributed by atoms with van der Waals surface area (Å²) in [6, 6.07) is 10.8. The minimum atomic E-state index is -0.630. The first kappa shape index (κ1) is 14.3. The van der Waals surface area contributed by atoms with Crippen LogP contribution in [-0.2, 0) is 5.25 Å². The molecule has 0 N–H and O–H groups in total. The molecule has 0 aliphatic rings. The molecule has 1 rings (SSSR count). The van der Waals surface area contributed by atoms with Crippen molar-refractivity contribution in [2.24, 2.45) is 0 Å². The maximum atomic E-state index is 2.41. The molecule has 2 heteroatoms. The summed E-state index contributed by atoms with van der Waals surface area (Å²) >= 11 is -0.963. The van der Waals surface area contributed by atoms with Crippen LogP contribution in [0.4, 0.5) is 0 Å². The van der Waals surface area contributed by atoms with Crippen LogP contribution in [-0.4, -0.2) is 28.7 Å². The van der Waals surface area contributed by atoms with Crippen LogP contribution in [0.3, 0.4) is 0 Å². The van der Waals surface area contributed by atoms with Crippen molar-refractivity contribution >= 4 is 28.7 Å². The molecule has 1 aromatic rings. The quantitative estimate of drug-likeness (QED) is 0.727. The van der Waals surface area contributed by atoms with E-state index in [1.165, 1.54) is 10.8 Å². The monoisotopic (exact) mass is 314 g/mol. The zero-order chi connectivity index (χ0) is 11.0. The number of benzene rings is 1. The van der Waals surface area contributed by atoms with Gasteiger partial charge >= 0.3 is 98.6 Å². The molecule has 1 aromatic carbocycles. The second-order valence-corrected chi connectivity index (χ2v) is 16.5. The van der Waals surface area contributed by atoms with E-state index in [4.69, 9.17) is 0 Å². The third-order valence-corrected chi connectivity index (χ3v) is 3.74. The van der Waals surface area contributed by atoms with Gasteiger partial charge in [0.05, 0.1) is 0 Å². The average molecular weight is 312 g/mol. The SMILES string of the molecule is [CH3][Ge]([CH3])[CH2]c1ccccc1.[CH3][Ge]([CH3])[CH3]. The molecule has 0 nitrogen and oxygen atoms in total. The van der Waals surface area contributed by atoms with Crippen LogP contribution in [0.25, 0.3) is 0 Å². The van der Waals surface area contributed by atoms with E-state index in [0.717, 1.165) is 0 Å². The van der Waals surface area contributed by atoms with Crippen molar-refractivity contribution in [3.8, 4) is 0 Å². The summed E-state index contributed by atoms with van der Waals surface area (Å²) in [7, 11) is 0. The van der Waals surface area contributed by atoms with Gasteiger partial charge in [0.25, 0.3) is 0 Å². The van der Waals surface area contributed by atoms with E-state index in [9.17, 15) is 0 Å². The first-order chi connectivity index (χ1) is 6.52. The van der Waals surface area contributed by atoms with E-state index >= 15 is 0 Å². The number of hydrogen-bond donors (Lipinski definition) is 0. The summed E-state index contributed by atoms with van der Waals surface area (Å²) in [4.78, 5) is 0. The van der Waals surface area contributed by atoms with E-state index in [1.54, 1.807) is 0 Å². The minimum absolute atomic E-state index is 0.333. The Morgan fingerprint density at radius 3 is 1.64 bits per heavy atom. The summed E-state index contributed by atoms with van der Waals surface area (Å²) in [6.07, 6.45) is 0. The van der Waals surface area contributed by atoms with Crippen molar-refractivity contribution in [2.45, 2.75) is 34.0 Å². The van der Waals surface area contributed by atoms with Gasteiger partial charge in [-0.15, -0.1) is 0 Å². The molecule has 14 heavy (non-hydrogen) atoms. The molecule has 2 radical (unpaired) electrons. The third kappa shape index (κ3) is 10.4. The molecule has 0 atom stereocenters. The van der Waals surface area contributed by atoms with Crippen LogP contribution in [0.2, 0.25) is 28.8 Å². The second-order valence-electron chi connectivity index (χ2n) is 4.37. The Kier molecular flexibility index (Phi) is 8.79. The normalized spacial score (nSPS) is 9.93. The van der Waals surface area contributed by atoms with Crippen molar-refractivity contribution in [3.63, 3.8) is 0 Å². The zero-order valence-electron chi connectivity index (χ0n) is 10.1. The Balaban J connectivity index is 0.000000364. The van der Waals surface area contributed by atoms with Gasteiger partial charge in [-0.3, -0.25) is 0 Å². The van der Waals surface area contributed by atoms with Crippen molar-refractivity contribution in [3.05, 3.63) is 35.9 Å². The van der Waals surface area contributed by atoms with Crippen LogP contribution >= 0.6 is 0 Å². The van der Waals surface area contributed by atoms with Crippen molar-refractivity contribution < 1.29 is 0 Å². The maximum absolute atomic E-state index is 2.41. The molecule has 0 aliphatic heterocycles. The fourth-order valence-corrected chi connectivity index (χ4v) is 3.21. The molecular formula is C12H22Ge2. The summed E-state index contributed by atoms with van der Waals surface area (Å²) in [5.41, 5.74) is 1.52. The Hall–Kier alpha value is 0.306. The summed E-state index contributed by atoms with van der Waals surface area (Å²) < 4.78 is 0. The Morgan fingerprint density at radius 2 is 1.29 bits per heavy atom. The predicted molar refractivity (Wildman–Crippen MR) is 71.0 cm³/mol. The first-order valence-electron chi connectivity index (χ1n) is 5.12. The van der Waals surface area contributed by atoms with Crippen molar-refractivity contribution in [2.75, 3.05) is 0 Å². The van der Waals surface area contributed by atoms with Gasteiger partial charge in [0.1, 0.15) is 0 Å². The molecule has 0 unspecified atom stereocenters. The average Bonchev–Trinajstić information content (AvgIpc) is 2.03. The summed E-state index contributed by atoms with van der Waals surface area (Å²) in [5.74, 6) is 11.8. The first-order valence-corrected chi connectivity index (χ1v) is 17.1. The Morgan fingerprint density at radius 1 is 0.857 bits per heavy atom. The van der Waals surface area contributed by atoms with Crippen molar-refractivity contribution in [1.29, 1.82) is 0 Å². The number of hydrogen-bond acceptors (Lipinski definition) is 0. The van der Waals surface area contributed by atoms with E-state index in [0.29, 0.717) is 0 Å². The van der Waals surface area contributed by atoms with E-state index in [2.05, 4.69) is 59.1 Å². The van der Waals surface area contributed by atoms with E-state index in [-0.39, 0.29) is 14.3 Å². The van der Waals surface area contributed by atoms with Gasteiger partial charge in [-0.25, -0.2) is 0 Å². The Bertz CT molecular complexity index is 214. The van der Waals surface area contributed by atoms with Gasteiger partial charge < -0.3 is 0 Å². The fourth-order valence-electron chi connectivity index (χ4n) is 1.00. The van der Waals surface area contributed by atoms with Gasteiger partial charge in [0.2, 0.25) is 0 Å². The van der Waals surface area contributed by atoms with Crippen LogP contribution < -0.4 is 0 Å². The molecule has 0 amide bonds. The molecule has 0 saturated carbocycles. The van der Waals surface area contributed by atoms with Gasteiger partial charge in [-0.1, -0.05) is 0 Å². The van der Waals surface area contributed by atoms with Gasteiger partial charge in [-0.05, 0) is 0 Å². The molecular weight excluding hydrogens is 289 g/mol. The number of rotatable bonds is 2.